The van der Waals surface area contributed by atoms with Crippen molar-refractivity contribution in [1.82, 2.24) is 9.97 Å². The first-order chi connectivity index (χ1) is 16.3. The molecular formula is C26H26F3N3O2. The van der Waals surface area contributed by atoms with Gasteiger partial charge in [-0.1, -0.05) is 13.8 Å². The number of carbonyl (C=O) groups excluding carboxylic acids is 1. The number of pyridine rings is 2. The van der Waals surface area contributed by atoms with Crippen LogP contribution in [0.2, 0.25) is 0 Å². The molecule has 8 heteroatoms. The van der Waals surface area contributed by atoms with Crippen LogP contribution >= 0.6 is 0 Å². The lowest BCUT2D eigenvalue weighted by molar-refractivity contribution is 0.102. The number of benzene rings is 1. The van der Waals surface area contributed by atoms with E-state index in [2.05, 4.69) is 29.1 Å². The predicted octanol–water partition coefficient (Wildman–Crippen LogP) is 5.85. The predicted molar refractivity (Wildman–Crippen MR) is 123 cm³/mol. The Hall–Kier alpha value is -3.26. The summed E-state index contributed by atoms with van der Waals surface area (Å²) in [4.78, 5) is 21.1. The van der Waals surface area contributed by atoms with E-state index in [4.69, 9.17) is 5.11 Å². The first-order valence-electron chi connectivity index (χ1n) is 11.3. The molecule has 1 aliphatic carbocycles. The maximum absolute atomic E-state index is 14.5. The minimum atomic E-state index is -1.08. The van der Waals surface area contributed by atoms with Gasteiger partial charge in [-0.25, -0.2) is 18.2 Å². The average Bonchev–Trinajstić information content (AvgIpc) is 2.79. The van der Waals surface area contributed by atoms with Gasteiger partial charge in [-0.3, -0.25) is 9.78 Å². The number of hydrogen-bond acceptors (Lipinski definition) is 4. The third-order valence-electron chi connectivity index (χ3n) is 6.32. The average molecular weight is 470 g/mol. The second-order valence-electron chi connectivity index (χ2n) is 9.15. The summed E-state index contributed by atoms with van der Waals surface area (Å²) in [6.45, 7) is 3.87. The summed E-state index contributed by atoms with van der Waals surface area (Å²) < 4.78 is 43.5. The Morgan fingerprint density at radius 1 is 1.03 bits per heavy atom. The zero-order valence-electron chi connectivity index (χ0n) is 19.0. The van der Waals surface area contributed by atoms with Crippen molar-refractivity contribution < 1.29 is 23.1 Å². The molecule has 178 valence electrons. The fourth-order valence-electron chi connectivity index (χ4n) is 4.94. The standard InChI is InChI=1S/C26H26F3N3O2/c1-14-7-15(2)9-17(8-14)18-5-6-30-12-23(18)32-26(34)22-4-3-19(27)25(31-22)24-20(28)10-16(13-33)11-21(24)29/h3-6,10-12,14-15,17,33H,7-9,13H2,1-2H3,(H,32,34). The van der Waals surface area contributed by atoms with Crippen LogP contribution in [-0.2, 0) is 6.61 Å². The Bertz CT molecular complexity index is 1180. The van der Waals surface area contributed by atoms with E-state index in [0.29, 0.717) is 17.5 Å². The number of anilines is 1. The Labute approximate surface area is 196 Å². The van der Waals surface area contributed by atoms with E-state index >= 15 is 0 Å². The summed E-state index contributed by atoms with van der Waals surface area (Å²) in [5, 5.41) is 11.9. The summed E-state index contributed by atoms with van der Waals surface area (Å²) in [6, 6.07) is 5.81. The molecule has 3 aromatic rings. The molecule has 1 aromatic carbocycles. The van der Waals surface area contributed by atoms with Crippen molar-refractivity contribution >= 4 is 11.6 Å². The van der Waals surface area contributed by atoms with Gasteiger partial charge >= 0.3 is 0 Å². The van der Waals surface area contributed by atoms with Gasteiger partial charge in [-0.15, -0.1) is 0 Å². The van der Waals surface area contributed by atoms with Crippen LogP contribution in [0.4, 0.5) is 18.9 Å². The number of carbonyl (C=O) groups is 1. The van der Waals surface area contributed by atoms with Crippen molar-refractivity contribution in [2.75, 3.05) is 5.32 Å². The molecule has 2 heterocycles. The van der Waals surface area contributed by atoms with Crippen LogP contribution in [0.25, 0.3) is 11.3 Å². The molecule has 0 bridgehead atoms. The molecule has 1 saturated carbocycles. The topological polar surface area (TPSA) is 75.1 Å². The van der Waals surface area contributed by atoms with Crippen LogP contribution in [-0.4, -0.2) is 21.0 Å². The normalized spacial score (nSPS) is 20.2. The van der Waals surface area contributed by atoms with Crippen molar-refractivity contribution in [3.8, 4) is 11.3 Å². The molecule has 34 heavy (non-hydrogen) atoms. The third kappa shape index (κ3) is 4.97. The highest BCUT2D eigenvalue weighted by Gasteiger charge is 2.27. The SMILES string of the molecule is CC1CC(C)CC(c2ccncc2NC(=O)c2ccc(F)c(-c3c(F)cc(CO)cc3F)n2)C1. The van der Waals surface area contributed by atoms with Gasteiger partial charge in [0.2, 0.25) is 0 Å². The fraction of sp³-hybridized carbons (Fsp3) is 0.346. The molecule has 2 atom stereocenters. The molecule has 4 rings (SSSR count). The second-order valence-corrected chi connectivity index (χ2v) is 9.15. The van der Waals surface area contributed by atoms with E-state index in [1.807, 2.05) is 6.07 Å². The minimum Gasteiger partial charge on any atom is -0.392 e. The van der Waals surface area contributed by atoms with Crippen LogP contribution in [0.3, 0.4) is 0 Å². The third-order valence-corrected chi connectivity index (χ3v) is 6.32. The number of hydrogen-bond donors (Lipinski definition) is 2. The van der Waals surface area contributed by atoms with Crippen LogP contribution in [0, 0.1) is 29.3 Å². The molecule has 1 amide bonds. The van der Waals surface area contributed by atoms with Gasteiger partial charge in [0, 0.05) is 6.20 Å². The van der Waals surface area contributed by atoms with E-state index in [9.17, 15) is 18.0 Å². The number of aliphatic hydroxyl groups excluding tert-OH is 1. The first kappa shape index (κ1) is 23.9. The number of nitrogens with one attached hydrogen (secondary N) is 1. The molecule has 0 aliphatic heterocycles. The van der Waals surface area contributed by atoms with Gasteiger partial charge in [-0.2, -0.15) is 0 Å². The highest BCUT2D eigenvalue weighted by atomic mass is 19.1. The van der Waals surface area contributed by atoms with Crippen LogP contribution in [0.5, 0.6) is 0 Å². The number of aliphatic hydroxyl groups is 1. The number of amides is 1. The Morgan fingerprint density at radius 2 is 1.71 bits per heavy atom. The number of rotatable bonds is 5. The number of nitrogens with zero attached hydrogens (tertiary/aromatic N) is 2. The Balaban J connectivity index is 1.64. The lowest BCUT2D eigenvalue weighted by atomic mass is 9.74. The van der Waals surface area contributed by atoms with Gasteiger partial charge < -0.3 is 10.4 Å². The molecule has 1 fully saturated rings. The fourth-order valence-corrected chi connectivity index (χ4v) is 4.94. The largest absolute Gasteiger partial charge is 0.392 e. The Morgan fingerprint density at radius 3 is 2.35 bits per heavy atom. The van der Waals surface area contributed by atoms with E-state index in [1.165, 1.54) is 0 Å². The van der Waals surface area contributed by atoms with E-state index in [-0.39, 0.29) is 17.2 Å². The Kier molecular flexibility index (Phi) is 6.97. The summed E-state index contributed by atoms with van der Waals surface area (Å²) in [6.07, 6.45) is 6.41. The summed E-state index contributed by atoms with van der Waals surface area (Å²) >= 11 is 0. The van der Waals surface area contributed by atoms with E-state index in [1.54, 1.807) is 12.4 Å². The summed E-state index contributed by atoms with van der Waals surface area (Å²) in [7, 11) is 0. The van der Waals surface area contributed by atoms with Crippen molar-refractivity contribution in [3.63, 3.8) is 0 Å². The van der Waals surface area contributed by atoms with Crippen molar-refractivity contribution in [3.05, 3.63) is 77.0 Å². The lowest BCUT2D eigenvalue weighted by Gasteiger charge is -2.32. The molecule has 2 unspecified atom stereocenters. The molecule has 0 spiro atoms. The van der Waals surface area contributed by atoms with Gasteiger partial charge in [-0.05, 0) is 78.5 Å². The molecule has 2 aromatic heterocycles. The number of halogens is 3. The van der Waals surface area contributed by atoms with Crippen LogP contribution in [0.15, 0.2) is 42.7 Å². The van der Waals surface area contributed by atoms with E-state index < -0.39 is 41.2 Å². The van der Waals surface area contributed by atoms with Crippen molar-refractivity contribution in [1.29, 1.82) is 0 Å². The van der Waals surface area contributed by atoms with Crippen molar-refractivity contribution in [2.45, 2.75) is 45.6 Å². The molecule has 0 saturated heterocycles. The van der Waals surface area contributed by atoms with Gasteiger partial charge in [0.1, 0.15) is 28.8 Å². The smallest absolute Gasteiger partial charge is 0.274 e. The second kappa shape index (κ2) is 9.93. The maximum atomic E-state index is 14.5. The minimum absolute atomic E-state index is 0.00325. The van der Waals surface area contributed by atoms with Crippen molar-refractivity contribution in [2.24, 2.45) is 11.8 Å². The van der Waals surface area contributed by atoms with Crippen LogP contribution in [0.1, 0.15) is 60.6 Å². The highest BCUT2D eigenvalue weighted by Crippen LogP contribution is 2.41. The summed E-state index contributed by atoms with van der Waals surface area (Å²) in [5.74, 6) is -2.38. The highest BCUT2D eigenvalue weighted by molar-refractivity contribution is 6.03. The molecular weight excluding hydrogens is 443 g/mol. The summed E-state index contributed by atoms with van der Waals surface area (Å²) in [5.41, 5.74) is 0.00658. The maximum Gasteiger partial charge on any atom is 0.274 e. The molecule has 2 N–H and O–H groups in total. The molecule has 1 aliphatic rings. The van der Waals surface area contributed by atoms with Crippen LogP contribution < -0.4 is 5.32 Å². The monoisotopic (exact) mass is 469 g/mol. The van der Waals surface area contributed by atoms with Gasteiger partial charge in [0.25, 0.3) is 5.91 Å². The number of aromatic nitrogens is 2. The van der Waals surface area contributed by atoms with Gasteiger partial charge in [0.05, 0.1) is 24.1 Å². The zero-order chi connectivity index (χ0) is 24.4. The van der Waals surface area contributed by atoms with Gasteiger partial charge in [0.15, 0.2) is 0 Å². The lowest BCUT2D eigenvalue weighted by Crippen LogP contribution is -2.21. The van der Waals surface area contributed by atoms with E-state index in [0.717, 1.165) is 49.1 Å². The molecule has 5 nitrogen and oxygen atoms in total. The first-order valence-corrected chi connectivity index (χ1v) is 11.3. The molecule has 0 radical (unpaired) electrons. The zero-order valence-corrected chi connectivity index (χ0v) is 19.0. The quantitative estimate of drug-likeness (QED) is 0.492.